The van der Waals surface area contributed by atoms with Gasteiger partial charge < -0.3 is 10.0 Å². The summed E-state index contributed by atoms with van der Waals surface area (Å²) in [4.78, 5) is 29.0. The maximum atomic E-state index is 13.1. The molecular formula is C21H29FN2O3. The van der Waals surface area contributed by atoms with Crippen LogP contribution in [0.25, 0.3) is 0 Å². The highest BCUT2D eigenvalue weighted by molar-refractivity contribution is 5.84. The molecule has 5 nitrogen and oxygen atoms in total. The molecule has 2 aliphatic rings. The van der Waals surface area contributed by atoms with Crippen LogP contribution in [0.3, 0.4) is 0 Å². The van der Waals surface area contributed by atoms with Crippen LogP contribution in [0, 0.1) is 22.6 Å². The van der Waals surface area contributed by atoms with Crippen molar-refractivity contribution in [2.45, 2.75) is 40.2 Å². The number of rotatable bonds is 4. The smallest absolute Gasteiger partial charge is 0.309 e. The highest BCUT2D eigenvalue weighted by Gasteiger charge is 2.58. The van der Waals surface area contributed by atoms with Crippen LogP contribution in [-0.4, -0.2) is 53.0 Å². The first-order chi connectivity index (χ1) is 12.6. The van der Waals surface area contributed by atoms with E-state index in [1.807, 2.05) is 18.7 Å². The number of amides is 1. The molecule has 1 saturated carbocycles. The summed E-state index contributed by atoms with van der Waals surface area (Å²) in [6.45, 7) is 9.19. The average Bonchev–Trinajstić information content (AvgIpc) is 2.88. The number of carbonyl (C=O) groups excluding carboxylic acids is 1. The molecule has 1 amide bonds. The number of piperazine rings is 1. The molecule has 0 radical (unpaired) electrons. The first-order valence-corrected chi connectivity index (χ1v) is 9.64. The zero-order valence-electron chi connectivity index (χ0n) is 16.4. The second kappa shape index (κ2) is 7.23. The van der Waals surface area contributed by atoms with Gasteiger partial charge in [0.2, 0.25) is 5.91 Å². The van der Waals surface area contributed by atoms with Crippen LogP contribution >= 0.6 is 0 Å². The Bertz CT molecular complexity index is 711. The van der Waals surface area contributed by atoms with Gasteiger partial charge in [0.25, 0.3) is 0 Å². The van der Waals surface area contributed by atoms with Crippen molar-refractivity contribution in [1.29, 1.82) is 0 Å². The molecule has 0 bridgehead atoms. The SMILES string of the molecule is CC1(C)[C@@H](C(=O)N2CCN(Cc3ccc(F)cc3)CC2)CC[C@]1(C)C(=O)O. The van der Waals surface area contributed by atoms with Gasteiger partial charge in [-0.1, -0.05) is 26.0 Å². The molecule has 1 N–H and O–H groups in total. The Balaban J connectivity index is 1.59. The number of carboxylic acids is 1. The lowest BCUT2D eigenvalue weighted by molar-refractivity contribution is -0.156. The van der Waals surface area contributed by atoms with E-state index >= 15 is 0 Å². The summed E-state index contributed by atoms with van der Waals surface area (Å²) in [5.74, 6) is -1.21. The van der Waals surface area contributed by atoms with Gasteiger partial charge in [0.05, 0.1) is 5.41 Å². The van der Waals surface area contributed by atoms with Crippen LogP contribution in [0.5, 0.6) is 0 Å². The van der Waals surface area contributed by atoms with Gasteiger partial charge in [-0.05, 0) is 42.9 Å². The van der Waals surface area contributed by atoms with Gasteiger partial charge in [0.15, 0.2) is 0 Å². The highest BCUT2D eigenvalue weighted by Crippen LogP contribution is 2.56. The predicted octanol–water partition coefficient (Wildman–Crippen LogP) is 3.00. The van der Waals surface area contributed by atoms with Gasteiger partial charge in [0, 0.05) is 38.6 Å². The van der Waals surface area contributed by atoms with E-state index in [4.69, 9.17) is 0 Å². The standard InChI is InChI=1S/C21H29FN2O3/c1-20(2)17(8-9-21(20,3)19(26)27)18(25)24-12-10-23(11-13-24)14-15-4-6-16(22)7-5-15/h4-7,17H,8-14H2,1-3H3,(H,26,27)/t17-,21-/m1/s1. The van der Waals surface area contributed by atoms with Crippen LogP contribution in [0.2, 0.25) is 0 Å². The Labute approximate surface area is 160 Å². The van der Waals surface area contributed by atoms with E-state index in [1.165, 1.54) is 12.1 Å². The minimum Gasteiger partial charge on any atom is -0.481 e. The fourth-order valence-electron chi connectivity index (χ4n) is 4.51. The molecule has 0 spiro atoms. The lowest BCUT2D eigenvalue weighted by Crippen LogP contribution is -2.52. The van der Waals surface area contributed by atoms with Gasteiger partial charge >= 0.3 is 5.97 Å². The first-order valence-electron chi connectivity index (χ1n) is 9.64. The van der Waals surface area contributed by atoms with Crippen molar-refractivity contribution in [3.8, 4) is 0 Å². The Morgan fingerprint density at radius 3 is 2.22 bits per heavy atom. The number of carboxylic acid groups (broad SMARTS) is 1. The molecule has 1 heterocycles. The van der Waals surface area contributed by atoms with E-state index < -0.39 is 16.8 Å². The Kier molecular flexibility index (Phi) is 5.30. The Morgan fingerprint density at radius 2 is 1.70 bits per heavy atom. The van der Waals surface area contributed by atoms with Crippen LogP contribution in [0.4, 0.5) is 4.39 Å². The molecule has 2 fully saturated rings. The number of benzene rings is 1. The molecule has 1 saturated heterocycles. The maximum Gasteiger partial charge on any atom is 0.309 e. The van der Waals surface area contributed by atoms with Gasteiger partial charge in [-0.15, -0.1) is 0 Å². The summed E-state index contributed by atoms with van der Waals surface area (Å²) in [5, 5.41) is 9.66. The molecule has 1 aliphatic carbocycles. The predicted molar refractivity (Wildman–Crippen MR) is 101 cm³/mol. The number of hydrogen-bond acceptors (Lipinski definition) is 3. The third-order valence-electron chi connectivity index (χ3n) is 7.00. The molecule has 2 atom stereocenters. The van der Waals surface area contributed by atoms with Gasteiger partial charge in [-0.25, -0.2) is 4.39 Å². The van der Waals surface area contributed by atoms with Crippen LogP contribution in [-0.2, 0) is 16.1 Å². The van der Waals surface area contributed by atoms with Gasteiger partial charge in [-0.3, -0.25) is 14.5 Å². The zero-order chi connectivity index (χ0) is 19.8. The van der Waals surface area contributed by atoms with E-state index in [0.717, 1.165) is 25.2 Å². The van der Waals surface area contributed by atoms with Crippen molar-refractivity contribution >= 4 is 11.9 Å². The van der Waals surface area contributed by atoms with Crippen LogP contribution in [0.15, 0.2) is 24.3 Å². The summed E-state index contributed by atoms with van der Waals surface area (Å²) in [6.07, 6.45) is 1.17. The summed E-state index contributed by atoms with van der Waals surface area (Å²) in [7, 11) is 0. The third-order valence-corrected chi connectivity index (χ3v) is 7.00. The topological polar surface area (TPSA) is 60.9 Å². The van der Waals surface area contributed by atoms with E-state index in [0.29, 0.717) is 25.9 Å². The zero-order valence-corrected chi connectivity index (χ0v) is 16.4. The molecule has 0 unspecified atom stereocenters. The fourth-order valence-corrected chi connectivity index (χ4v) is 4.51. The number of carbonyl (C=O) groups is 2. The monoisotopic (exact) mass is 376 g/mol. The molecule has 0 aromatic heterocycles. The van der Waals surface area contributed by atoms with E-state index in [9.17, 15) is 19.1 Å². The minimum absolute atomic E-state index is 0.0893. The van der Waals surface area contributed by atoms with Crippen molar-refractivity contribution in [3.05, 3.63) is 35.6 Å². The lowest BCUT2D eigenvalue weighted by atomic mass is 9.65. The number of aliphatic carboxylic acids is 1. The summed E-state index contributed by atoms with van der Waals surface area (Å²) < 4.78 is 13.0. The molecule has 1 aromatic rings. The van der Waals surface area contributed by atoms with Crippen LogP contribution < -0.4 is 0 Å². The molecule has 148 valence electrons. The van der Waals surface area contributed by atoms with Crippen LogP contribution in [0.1, 0.15) is 39.2 Å². The van der Waals surface area contributed by atoms with Crippen molar-refractivity contribution in [2.24, 2.45) is 16.7 Å². The quantitative estimate of drug-likeness (QED) is 0.878. The molecule has 6 heteroatoms. The average molecular weight is 376 g/mol. The number of hydrogen-bond donors (Lipinski definition) is 1. The highest BCUT2D eigenvalue weighted by atomic mass is 19.1. The molecule has 27 heavy (non-hydrogen) atoms. The second-order valence-corrected chi connectivity index (χ2v) is 8.68. The first kappa shape index (κ1) is 19.8. The number of nitrogens with zero attached hydrogens (tertiary/aromatic N) is 2. The number of halogens is 1. The second-order valence-electron chi connectivity index (χ2n) is 8.68. The van der Waals surface area contributed by atoms with Gasteiger partial charge in [0.1, 0.15) is 5.82 Å². The summed E-state index contributed by atoms with van der Waals surface area (Å²) >= 11 is 0. The lowest BCUT2D eigenvalue weighted by Gasteiger charge is -2.41. The van der Waals surface area contributed by atoms with Crippen molar-refractivity contribution in [3.63, 3.8) is 0 Å². The molecular weight excluding hydrogens is 347 g/mol. The largest absolute Gasteiger partial charge is 0.481 e. The Hall–Kier alpha value is -1.95. The summed E-state index contributed by atoms with van der Waals surface area (Å²) in [6, 6.07) is 6.52. The third kappa shape index (κ3) is 3.59. The van der Waals surface area contributed by atoms with Crippen molar-refractivity contribution in [1.82, 2.24) is 9.80 Å². The van der Waals surface area contributed by atoms with Crippen molar-refractivity contribution < 1.29 is 19.1 Å². The van der Waals surface area contributed by atoms with E-state index in [1.54, 1.807) is 19.1 Å². The minimum atomic E-state index is -0.863. The summed E-state index contributed by atoms with van der Waals surface area (Å²) in [5.41, 5.74) is -0.371. The molecule has 1 aromatic carbocycles. The Morgan fingerprint density at radius 1 is 1.11 bits per heavy atom. The molecule has 1 aliphatic heterocycles. The van der Waals surface area contributed by atoms with Crippen molar-refractivity contribution in [2.75, 3.05) is 26.2 Å². The van der Waals surface area contributed by atoms with E-state index in [-0.39, 0.29) is 17.6 Å². The van der Waals surface area contributed by atoms with Gasteiger partial charge in [-0.2, -0.15) is 0 Å². The van der Waals surface area contributed by atoms with E-state index in [2.05, 4.69) is 4.90 Å². The fraction of sp³-hybridized carbons (Fsp3) is 0.619. The molecule has 3 rings (SSSR count). The maximum absolute atomic E-state index is 13.1. The normalized spacial score (nSPS) is 28.3.